The minimum Gasteiger partial charge on any atom is -0.334 e. The second kappa shape index (κ2) is 7.46. The smallest absolute Gasteiger partial charge is 0.260 e. The largest absolute Gasteiger partial charge is 0.334 e. The van der Waals surface area contributed by atoms with Gasteiger partial charge in [0, 0.05) is 23.5 Å². The highest BCUT2D eigenvalue weighted by Crippen LogP contribution is 2.28. The summed E-state index contributed by atoms with van der Waals surface area (Å²) in [5.74, 6) is 0.994. The van der Waals surface area contributed by atoms with Crippen LogP contribution >= 0.6 is 12.4 Å². The lowest BCUT2D eigenvalue weighted by Crippen LogP contribution is -2.04. The molecule has 0 spiro atoms. The van der Waals surface area contributed by atoms with Gasteiger partial charge in [0.2, 0.25) is 5.82 Å². The molecule has 140 valence electrons. The summed E-state index contributed by atoms with van der Waals surface area (Å²) in [6, 6.07) is 10.1. The predicted molar refractivity (Wildman–Crippen MR) is 107 cm³/mol. The first-order chi connectivity index (χ1) is 12.6. The Morgan fingerprint density at radius 3 is 2.56 bits per heavy atom. The molecule has 0 saturated carbocycles. The quantitative estimate of drug-likeness (QED) is 0.573. The van der Waals surface area contributed by atoms with E-state index in [1.165, 1.54) is 0 Å². The SMILES string of the molecule is Cc1nc2c(cnn2C(C)C)cc1-c1nc(-c2ccc(CN)cc2)no1.Cl. The zero-order valence-corrected chi connectivity index (χ0v) is 16.2. The van der Waals surface area contributed by atoms with Crippen molar-refractivity contribution in [2.45, 2.75) is 33.4 Å². The van der Waals surface area contributed by atoms with Crippen LogP contribution in [0.3, 0.4) is 0 Å². The second-order valence-electron chi connectivity index (χ2n) is 6.54. The van der Waals surface area contributed by atoms with E-state index in [4.69, 9.17) is 15.2 Å². The van der Waals surface area contributed by atoms with Gasteiger partial charge in [-0.15, -0.1) is 12.4 Å². The summed E-state index contributed by atoms with van der Waals surface area (Å²) in [5.41, 5.74) is 10.1. The van der Waals surface area contributed by atoms with Gasteiger partial charge in [-0.1, -0.05) is 29.4 Å². The molecule has 0 fully saturated rings. The van der Waals surface area contributed by atoms with Crippen molar-refractivity contribution in [3.05, 3.63) is 47.8 Å². The molecule has 0 bridgehead atoms. The molecule has 0 aliphatic carbocycles. The van der Waals surface area contributed by atoms with Crippen molar-refractivity contribution in [1.29, 1.82) is 0 Å². The van der Waals surface area contributed by atoms with E-state index in [2.05, 4.69) is 29.1 Å². The Labute approximate surface area is 163 Å². The number of aromatic nitrogens is 5. The number of aryl methyl sites for hydroxylation is 1. The van der Waals surface area contributed by atoms with E-state index >= 15 is 0 Å². The summed E-state index contributed by atoms with van der Waals surface area (Å²) in [6.07, 6.45) is 1.81. The molecule has 3 heterocycles. The molecule has 0 unspecified atom stereocenters. The number of fused-ring (bicyclic) bond motifs is 1. The molecule has 2 N–H and O–H groups in total. The van der Waals surface area contributed by atoms with Crippen LogP contribution < -0.4 is 5.73 Å². The van der Waals surface area contributed by atoms with Crippen LogP contribution in [0.1, 0.15) is 31.1 Å². The topological polar surface area (TPSA) is 95.7 Å². The fourth-order valence-electron chi connectivity index (χ4n) is 2.90. The highest BCUT2D eigenvalue weighted by molar-refractivity contribution is 5.85. The summed E-state index contributed by atoms with van der Waals surface area (Å²) < 4.78 is 7.40. The van der Waals surface area contributed by atoms with Crippen molar-refractivity contribution in [3.8, 4) is 22.8 Å². The minimum absolute atomic E-state index is 0. The third kappa shape index (κ3) is 3.43. The van der Waals surface area contributed by atoms with Gasteiger partial charge in [-0.2, -0.15) is 10.1 Å². The third-order valence-electron chi connectivity index (χ3n) is 4.35. The van der Waals surface area contributed by atoms with E-state index in [0.717, 1.165) is 33.4 Å². The van der Waals surface area contributed by atoms with Crippen molar-refractivity contribution in [3.63, 3.8) is 0 Å². The van der Waals surface area contributed by atoms with Crippen molar-refractivity contribution >= 4 is 23.4 Å². The fourth-order valence-corrected chi connectivity index (χ4v) is 2.90. The first kappa shape index (κ1) is 19.0. The number of nitrogens with zero attached hydrogens (tertiary/aromatic N) is 5. The van der Waals surface area contributed by atoms with Crippen LogP contribution in [0.15, 0.2) is 41.1 Å². The molecule has 0 atom stereocenters. The summed E-state index contributed by atoms with van der Waals surface area (Å²) >= 11 is 0. The Morgan fingerprint density at radius 2 is 1.89 bits per heavy atom. The van der Waals surface area contributed by atoms with E-state index in [1.807, 2.05) is 48.1 Å². The molecule has 4 rings (SSSR count). The van der Waals surface area contributed by atoms with Crippen molar-refractivity contribution in [2.24, 2.45) is 5.73 Å². The molecule has 7 nitrogen and oxygen atoms in total. The van der Waals surface area contributed by atoms with Crippen LogP contribution in [-0.4, -0.2) is 24.9 Å². The van der Waals surface area contributed by atoms with Gasteiger partial charge in [-0.05, 0) is 32.4 Å². The minimum atomic E-state index is 0. The van der Waals surface area contributed by atoms with Gasteiger partial charge in [-0.3, -0.25) is 0 Å². The molecule has 0 aliphatic heterocycles. The van der Waals surface area contributed by atoms with Gasteiger partial charge in [0.1, 0.15) is 0 Å². The first-order valence-electron chi connectivity index (χ1n) is 8.55. The highest BCUT2D eigenvalue weighted by atomic mass is 35.5. The molecule has 27 heavy (non-hydrogen) atoms. The summed E-state index contributed by atoms with van der Waals surface area (Å²) in [7, 11) is 0. The van der Waals surface area contributed by atoms with Crippen LogP contribution in [0.4, 0.5) is 0 Å². The van der Waals surface area contributed by atoms with Crippen molar-refractivity contribution < 1.29 is 4.52 Å². The molecule has 4 aromatic rings. The number of rotatable bonds is 4. The van der Waals surface area contributed by atoms with Gasteiger partial charge in [0.15, 0.2) is 5.65 Å². The fraction of sp³-hybridized carbons (Fsp3) is 0.263. The number of nitrogens with two attached hydrogens (primary N) is 1. The summed E-state index contributed by atoms with van der Waals surface area (Å²) in [5, 5.41) is 9.47. The van der Waals surface area contributed by atoms with Crippen LogP contribution in [0.5, 0.6) is 0 Å². The number of hydrogen-bond donors (Lipinski definition) is 1. The Balaban J connectivity index is 0.00000210. The maximum Gasteiger partial charge on any atom is 0.260 e. The monoisotopic (exact) mass is 384 g/mol. The van der Waals surface area contributed by atoms with Gasteiger partial charge in [0.25, 0.3) is 5.89 Å². The highest BCUT2D eigenvalue weighted by Gasteiger charge is 2.17. The maximum absolute atomic E-state index is 5.64. The van der Waals surface area contributed by atoms with E-state index in [1.54, 1.807) is 0 Å². The van der Waals surface area contributed by atoms with Crippen LogP contribution in [-0.2, 0) is 6.54 Å². The molecule has 0 radical (unpaired) electrons. The summed E-state index contributed by atoms with van der Waals surface area (Å²) in [4.78, 5) is 9.24. The van der Waals surface area contributed by atoms with Gasteiger partial charge in [0.05, 0.1) is 17.5 Å². The molecule has 1 aromatic carbocycles. The lowest BCUT2D eigenvalue weighted by Gasteiger charge is -2.07. The third-order valence-corrected chi connectivity index (χ3v) is 4.35. The maximum atomic E-state index is 5.64. The zero-order chi connectivity index (χ0) is 18.3. The van der Waals surface area contributed by atoms with Crippen LogP contribution in [0.25, 0.3) is 33.9 Å². The lowest BCUT2D eigenvalue weighted by atomic mass is 10.1. The average molecular weight is 385 g/mol. The van der Waals surface area contributed by atoms with E-state index in [9.17, 15) is 0 Å². The van der Waals surface area contributed by atoms with E-state index < -0.39 is 0 Å². The van der Waals surface area contributed by atoms with Gasteiger partial charge < -0.3 is 10.3 Å². The Hall–Kier alpha value is -2.77. The Bertz CT molecular complexity index is 1070. The predicted octanol–water partition coefficient (Wildman–Crippen LogP) is 3.92. The number of hydrogen-bond acceptors (Lipinski definition) is 6. The molecule has 8 heteroatoms. The van der Waals surface area contributed by atoms with Crippen molar-refractivity contribution in [2.75, 3.05) is 0 Å². The number of halogens is 1. The average Bonchev–Trinajstić information content (AvgIpc) is 3.28. The zero-order valence-electron chi connectivity index (χ0n) is 15.4. The van der Waals surface area contributed by atoms with E-state index in [0.29, 0.717) is 18.3 Å². The molecule has 0 aliphatic rings. The number of benzene rings is 1. The molecule has 3 aromatic heterocycles. The van der Waals surface area contributed by atoms with Crippen LogP contribution in [0, 0.1) is 6.92 Å². The van der Waals surface area contributed by atoms with Gasteiger partial charge >= 0.3 is 0 Å². The van der Waals surface area contributed by atoms with Crippen molar-refractivity contribution in [1.82, 2.24) is 24.9 Å². The molecule has 0 saturated heterocycles. The van der Waals surface area contributed by atoms with Crippen LogP contribution in [0.2, 0.25) is 0 Å². The summed E-state index contributed by atoms with van der Waals surface area (Å²) in [6.45, 7) is 6.61. The molecular weight excluding hydrogens is 364 g/mol. The Kier molecular flexibility index (Phi) is 5.25. The standard InChI is InChI=1S/C19H20N6O.ClH/c1-11(2)25-18-15(10-21-25)8-16(12(3)22-18)19-23-17(24-26-19)14-6-4-13(9-20)5-7-14;/h4-8,10-11H,9,20H2,1-3H3;1H. The normalized spacial score (nSPS) is 11.1. The Morgan fingerprint density at radius 1 is 1.15 bits per heavy atom. The second-order valence-corrected chi connectivity index (χ2v) is 6.54. The number of pyridine rings is 1. The van der Waals surface area contributed by atoms with E-state index in [-0.39, 0.29) is 18.4 Å². The van der Waals surface area contributed by atoms with Gasteiger partial charge in [-0.25, -0.2) is 9.67 Å². The lowest BCUT2D eigenvalue weighted by molar-refractivity contribution is 0.432. The molecule has 0 amide bonds. The first-order valence-corrected chi connectivity index (χ1v) is 8.55. The molecular formula is C19H21ClN6O.